The lowest BCUT2D eigenvalue weighted by Crippen LogP contribution is -2.42. The molecule has 5 nitrogen and oxygen atoms in total. The first kappa shape index (κ1) is 18.0. The Morgan fingerprint density at radius 2 is 1.92 bits per heavy atom. The van der Waals surface area contributed by atoms with Crippen molar-refractivity contribution in [2.24, 2.45) is 11.8 Å². The molecule has 1 atom stereocenters. The van der Waals surface area contributed by atoms with Crippen molar-refractivity contribution < 1.29 is 9.53 Å². The standard InChI is InChI=1S/C19H35N3O2/c1-19(2,3)24-18(23)22(14-15-4-5-15)11-10-21-9-8-16(13-21)12-20-17-6-7-17/h15-17,20H,4-14H2,1-3H3. The van der Waals surface area contributed by atoms with Crippen molar-refractivity contribution in [3.8, 4) is 0 Å². The van der Waals surface area contributed by atoms with Crippen molar-refractivity contribution >= 4 is 6.09 Å². The van der Waals surface area contributed by atoms with Gasteiger partial charge in [-0.3, -0.25) is 0 Å². The topological polar surface area (TPSA) is 44.8 Å². The fourth-order valence-electron chi connectivity index (χ4n) is 3.36. The molecule has 0 radical (unpaired) electrons. The number of nitrogens with one attached hydrogen (secondary N) is 1. The minimum absolute atomic E-state index is 0.138. The summed E-state index contributed by atoms with van der Waals surface area (Å²) in [4.78, 5) is 16.9. The SMILES string of the molecule is CC(C)(C)OC(=O)N(CCN1CCC(CNC2CC2)C1)CC1CC1. The number of amides is 1. The molecule has 1 heterocycles. The highest BCUT2D eigenvalue weighted by atomic mass is 16.6. The summed E-state index contributed by atoms with van der Waals surface area (Å²) < 4.78 is 5.60. The highest BCUT2D eigenvalue weighted by Crippen LogP contribution is 2.30. The predicted molar refractivity (Wildman–Crippen MR) is 96.1 cm³/mol. The van der Waals surface area contributed by atoms with Gasteiger partial charge in [0.25, 0.3) is 0 Å². The van der Waals surface area contributed by atoms with E-state index in [0.29, 0.717) is 5.92 Å². The molecule has 2 aliphatic carbocycles. The molecule has 2 saturated carbocycles. The highest BCUT2D eigenvalue weighted by Gasteiger charge is 2.31. The number of ether oxygens (including phenoxy) is 1. The van der Waals surface area contributed by atoms with E-state index in [9.17, 15) is 4.79 Å². The molecule has 1 amide bonds. The molecule has 1 unspecified atom stereocenters. The van der Waals surface area contributed by atoms with Crippen molar-refractivity contribution in [1.29, 1.82) is 0 Å². The number of rotatable bonds is 8. The number of likely N-dealkylation sites (tertiary alicyclic amines) is 1. The third kappa shape index (κ3) is 6.25. The quantitative estimate of drug-likeness (QED) is 0.740. The number of nitrogens with zero attached hydrogens (tertiary/aromatic N) is 2. The van der Waals surface area contributed by atoms with E-state index in [1.165, 1.54) is 51.7 Å². The van der Waals surface area contributed by atoms with Gasteiger partial charge in [-0.25, -0.2) is 4.79 Å². The molecular formula is C19H35N3O2. The normalized spacial score (nSPS) is 25.0. The maximum Gasteiger partial charge on any atom is 0.410 e. The second-order valence-corrected chi connectivity index (χ2v) is 9.01. The Bertz CT molecular complexity index is 427. The predicted octanol–water partition coefficient (Wildman–Crippen LogP) is 2.71. The van der Waals surface area contributed by atoms with E-state index in [1.807, 2.05) is 25.7 Å². The Hall–Kier alpha value is -0.810. The third-order valence-electron chi connectivity index (χ3n) is 5.16. The zero-order chi connectivity index (χ0) is 17.2. The van der Waals surface area contributed by atoms with Crippen LogP contribution in [0.5, 0.6) is 0 Å². The monoisotopic (exact) mass is 337 g/mol. The van der Waals surface area contributed by atoms with Crippen molar-refractivity contribution in [2.45, 2.75) is 64.5 Å². The molecule has 0 spiro atoms. The van der Waals surface area contributed by atoms with Crippen molar-refractivity contribution in [3.05, 3.63) is 0 Å². The van der Waals surface area contributed by atoms with Gasteiger partial charge in [0.15, 0.2) is 0 Å². The summed E-state index contributed by atoms with van der Waals surface area (Å²) in [7, 11) is 0. The van der Waals surface area contributed by atoms with Gasteiger partial charge in [0.05, 0.1) is 0 Å². The Labute approximate surface area is 147 Å². The van der Waals surface area contributed by atoms with E-state index >= 15 is 0 Å². The molecule has 1 saturated heterocycles. The van der Waals surface area contributed by atoms with Crippen LogP contribution in [-0.2, 0) is 4.74 Å². The van der Waals surface area contributed by atoms with Gasteiger partial charge >= 0.3 is 6.09 Å². The first-order valence-corrected chi connectivity index (χ1v) is 9.83. The number of carbonyl (C=O) groups is 1. The molecule has 3 fully saturated rings. The van der Waals surface area contributed by atoms with Gasteiger partial charge in [-0.1, -0.05) is 0 Å². The molecule has 24 heavy (non-hydrogen) atoms. The van der Waals surface area contributed by atoms with Gasteiger partial charge in [0.2, 0.25) is 0 Å². The Balaban J connectivity index is 1.40. The van der Waals surface area contributed by atoms with Crippen LogP contribution in [0.15, 0.2) is 0 Å². The summed E-state index contributed by atoms with van der Waals surface area (Å²) in [5, 5.41) is 3.65. The summed E-state index contributed by atoms with van der Waals surface area (Å²) in [6, 6.07) is 0.806. The van der Waals surface area contributed by atoms with Gasteiger partial charge < -0.3 is 19.9 Å². The minimum atomic E-state index is -0.411. The van der Waals surface area contributed by atoms with Crippen LogP contribution in [-0.4, -0.2) is 66.8 Å². The molecule has 3 aliphatic rings. The maximum absolute atomic E-state index is 12.5. The average molecular weight is 338 g/mol. The maximum atomic E-state index is 12.5. The van der Waals surface area contributed by atoms with Crippen molar-refractivity contribution in [1.82, 2.24) is 15.1 Å². The number of hydrogen-bond acceptors (Lipinski definition) is 4. The van der Waals surface area contributed by atoms with E-state index in [-0.39, 0.29) is 6.09 Å². The van der Waals surface area contributed by atoms with Gasteiger partial charge in [0.1, 0.15) is 5.60 Å². The summed E-state index contributed by atoms with van der Waals surface area (Å²) >= 11 is 0. The molecule has 138 valence electrons. The number of hydrogen-bond donors (Lipinski definition) is 1. The van der Waals surface area contributed by atoms with Crippen LogP contribution in [0.25, 0.3) is 0 Å². The van der Waals surface area contributed by atoms with Crippen LogP contribution < -0.4 is 5.32 Å². The van der Waals surface area contributed by atoms with E-state index in [4.69, 9.17) is 4.74 Å². The van der Waals surface area contributed by atoms with Gasteiger partial charge in [-0.05, 0) is 77.8 Å². The average Bonchev–Trinajstić information content (AvgIpc) is 3.41. The van der Waals surface area contributed by atoms with Crippen LogP contribution in [0.4, 0.5) is 4.79 Å². The molecule has 1 N–H and O–H groups in total. The first-order valence-electron chi connectivity index (χ1n) is 9.83. The third-order valence-corrected chi connectivity index (χ3v) is 5.16. The van der Waals surface area contributed by atoms with Gasteiger partial charge in [-0.2, -0.15) is 0 Å². The number of carbonyl (C=O) groups excluding carboxylic acids is 1. The fourth-order valence-corrected chi connectivity index (χ4v) is 3.36. The summed E-state index contributed by atoms with van der Waals surface area (Å²) in [6.45, 7) is 12.0. The van der Waals surface area contributed by atoms with E-state index < -0.39 is 5.60 Å². The molecule has 0 aromatic carbocycles. The van der Waals surface area contributed by atoms with Crippen LogP contribution in [0.3, 0.4) is 0 Å². The molecule has 0 aromatic heterocycles. The molecular weight excluding hydrogens is 302 g/mol. The minimum Gasteiger partial charge on any atom is -0.444 e. The fraction of sp³-hybridized carbons (Fsp3) is 0.947. The van der Waals surface area contributed by atoms with E-state index in [2.05, 4.69) is 10.2 Å². The summed E-state index contributed by atoms with van der Waals surface area (Å²) in [6.07, 6.45) is 6.40. The lowest BCUT2D eigenvalue weighted by Gasteiger charge is -2.29. The van der Waals surface area contributed by atoms with E-state index in [0.717, 1.165) is 31.6 Å². The lowest BCUT2D eigenvalue weighted by molar-refractivity contribution is 0.0226. The second kappa shape index (κ2) is 7.61. The molecule has 0 aromatic rings. The van der Waals surface area contributed by atoms with Crippen LogP contribution in [0, 0.1) is 11.8 Å². The zero-order valence-corrected chi connectivity index (χ0v) is 15.7. The van der Waals surface area contributed by atoms with Crippen molar-refractivity contribution in [2.75, 3.05) is 39.3 Å². The van der Waals surface area contributed by atoms with E-state index in [1.54, 1.807) is 0 Å². The molecule has 1 aliphatic heterocycles. The smallest absolute Gasteiger partial charge is 0.410 e. The van der Waals surface area contributed by atoms with Crippen LogP contribution in [0.1, 0.15) is 52.9 Å². The summed E-state index contributed by atoms with van der Waals surface area (Å²) in [5.74, 6) is 1.48. The van der Waals surface area contributed by atoms with Gasteiger partial charge in [-0.15, -0.1) is 0 Å². The summed E-state index contributed by atoms with van der Waals surface area (Å²) in [5.41, 5.74) is -0.411. The highest BCUT2D eigenvalue weighted by molar-refractivity contribution is 5.68. The Morgan fingerprint density at radius 1 is 1.17 bits per heavy atom. The lowest BCUT2D eigenvalue weighted by atomic mass is 10.1. The van der Waals surface area contributed by atoms with Crippen LogP contribution in [0.2, 0.25) is 0 Å². The zero-order valence-electron chi connectivity index (χ0n) is 15.7. The second-order valence-electron chi connectivity index (χ2n) is 9.01. The molecule has 0 bridgehead atoms. The molecule has 3 rings (SSSR count). The molecule has 5 heteroatoms. The first-order chi connectivity index (χ1) is 11.4. The Morgan fingerprint density at radius 3 is 2.54 bits per heavy atom. The largest absolute Gasteiger partial charge is 0.444 e. The van der Waals surface area contributed by atoms with Crippen molar-refractivity contribution in [3.63, 3.8) is 0 Å². The van der Waals surface area contributed by atoms with Crippen LogP contribution >= 0.6 is 0 Å². The Kier molecular flexibility index (Phi) is 5.70. The van der Waals surface area contributed by atoms with Gasteiger partial charge in [0, 0.05) is 32.2 Å².